The minimum atomic E-state index is -0.138. The lowest BCUT2D eigenvalue weighted by Crippen LogP contribution is -2.31. The highest BCUT2D eigenvalue weighted by Gasteiger charge is 2.19. The third kappa shape index (κ3) is 4.28. The van der Waals surface area contributed by atoms with E-state index < -0.39 is 0 Å². The van der Waals surface area contributed by atoms with Crippen LogP contribution in [-0.2, 0) is 6.54 Å². The third-order valence-corrected chi connectivity index (χ3v) is 4.33. The van der Waals surface area contributed by atoms with Crippen molar-refractivity contribution in [2.75, 3.05) is 12.4 Å². The number of carbonyl (C=O) groups is 1. The number of nitrogens with one attached hydrogen (secondary N) is 1. The molecule has 0 radical (unpaired) electrons. The highest BCUT2D eigenvalue weighted by Crippen LogP contribution is 2.29. The summed E-state index contributed by atoms with van der Waals surface area (Å²) in [7, 11) is 1.79. The molecule has 0 saturated heterocycles. The topological polar surface area (TPSA) is 41.6 Å². The van der Waals surface area contributed by atoms with Gasteiger partial charge in [-0.15, -0.1) is 0 Å². The number of hydrogen-bond acceptors (Lipinski definition) is 2. The minimum Gasteiger partial charge on any atom is -0.488 e. The van der Waals surface area contributed by atoms with Crippen molar-refractivity contribution in [2.24, 2.45) is 0 Å². The standard InChI is InChI=1S/C20H24N2O2/c1-22(15-16-9-3-2-4-10-16)20(23)21-18-13-7-8-14-19(18)24-17-11-5-6-12-17/h2-4,7-10,13-14,17H,5-6,11-12,15H2,1H3,(H,21,23). The molecule has 4 nitrogen and oxygen atoms in total. The molecular weight excluding hydrogens is 300 g/mol. The molecule has 1 aliphatic carbocycles. The highest BCUT2D eigenvalue weighted by molar-refractivity contribution is 5.90. The van der Waals surface area contributed by atoms with Gasteiger partial charge in [-0.05, 0) is 43.4 Å². The van der Waals surface area contributed by atoms with Crippen molar-refractivity contribution in [2.45, 2.75) is 38.3 Å². The Balaban J connectivity index is 1.63. The maximum Gasteiger partial charge on any atom is 0.321 e. The average molecular weight is 324 g/mol. The van der Waals surface area contributed by atoms with Gasteiger partial charge in [0.1, 0.15) is 5.75 Å². The maximum absolute atomic E-state index is 12.5. The van der Waals surface area contributed by atoms with Crippen LogP contribution in [-0.4, -0.2) is 24.1 Å². The Morgan fingerprint density at radius 2 is 1.75 bits per heavy atom. The number of para-hydroxylation sites is 2. The summed E-state index contributed by atoms with van der Waals surface area (Å²) in [6, 6.07) is 17.5. The molecule has 1 N–H and O–H groups in total. The quantitative estimate of drug-likeness (QED) is 0.868. The van der Waals surface area contributed by atoms with Crippen LogP contribution in [0.5, 0.6) is 5.75 Å². The van der Waals surface area contributed by atoms with Crippen molar-refractivity contribution in [3.8, 4) is 5.75 Å². The molecule has 3 rings (SSSR count). The van der Waals surface area contributed by atoms with Crippen LogP contribution >= 0.6 is 0 Å². The lowest BCUT2D eigenvalue weighted by atomic mass is 10.2. The van der Waals surface area contributed by atoms with Gasteiger partial charge in [-0.25, -0.2) is 4.79 Å². The fourth-order valence-electron chi connectivity index (χ4n) is 3.00. The van der Waals surface area contributed by atoms with E-state index in [2.05, 4.69) is 5.32 Å². The van der Waals surface area contributed by atoms with E-state index in [0.29, 0.717) is 6.54 Å². The van der Waals surface area contributed by atoms with E-state index in [-0.39, 0.29) is 12.1 Å². The van der Waals surface area contributed by atoms with Gasteiger partial charge in [-0.1, -0.05) is 42.5 Å². The Labute approximate surface area is 143 Å². The fraction of sp³-hybridized carbons (Fsp3) is 0.350. The van der Waals surface area contributed by atoms with Crippen LogP contribution in [0.15, 0.2) is 54.6 Å². The fourth-order valence-corrected chi connectivity index (χ4v) is 3.00. The molecule has 126 valence electrons. The number of hydrogen-bond donors (Lipinski definition) is 1. The van der Waals surface area contributed by atoms with Crippen molar-refractivity contribution in [1.29, 1.82) is 0 Å². The third-order valence-electron chi connectivity index (χ3n) is 4.33. The van der Waals surface area contributed by atoms with Crippen LogP contribution in [0, 0.1) is 0 Å². The minimum absolute atomic E-state index is 0.138. The van der Waals surface area contributed by atoms with Crippen molar-refractivity contribution in [1.82, 2.24) is 4.90 Å². The van der Waals surface area contributed by atoms with Crippen LogP contribution < -0.4 is 10.1 Å². The van der Waals surface area contributed by atoms with E-state index in [1.807, 2.05) is 54.6 Å². The molecule has 0 unspecified atom stereocenters. The van der Waals surface area contributed by atoms with Crippen molar-refractivity contribution < 1.29 is 9.53 Å². The van der Waals surface area contributed by atoms with E-state index in [1.165, 1.54) is 12.8 Å². The number of carbonyl (C=O) groups excluding carboxylic acids is 1. The van der Waals surface area contributed by atoms with Gasteiger partial charge in [0, 0.05) is 13.6 Å². The van der Waals surface area contributed by atoms with Gasteiger partial charge in [0.2, 0.25) is 0 Å². The summed E-state index contributed by atoms with van der Waals surface area (Å²) in [5.41, 5.74) is 1.83. The number of ether oxygens (including phenoxy) is 1. The van der Waals surface area contributed by atoms with Crippen LogP contribution in [0.25, 0.3) is 0 Å². The predicted octanol–water partition coefficient (Wildman–Crippen LogP) is 4.67. The van der Waals surface area contributed by atoms with Crippen LogP contribution in [0.2, 0.25) is 0 Å². The molecule has 1 fully saturated rings. The van der Waals surface area contributed by atoms with Crippen molar-refractivity contribution in [3.63, 3.8) is 0 Å². The number of rotatable bonds is 5. The zero-order valence-electron chi connectivity index (χ0n) is 14.1. The smallest absolute Gasteiger partial charge is 0.321 e. The number of nitrogens with zero attached hydrogens (tertiary/aromatic N) is 1. The van der Waals surface area contributed by atoms with Gasteiger partial charge in [0.05, 0.1) is 11.8 Å². The summed E-state index contributed by atoms with van der Waals surface area (Å²) in [6.07, 6.45) is 4.90. The molecule has 0 atom stereocenters. The average Bonchev–Trinajstić information content (AvgIpc) is 3.10. The Morgan fingerprint density at radius 1 is 1.08 bits per heavy atom. The first kappa shape index (κ1) is 16.4. The predicted molar refractivity (Wildman–Crippen MR) is 96.3 cm³/mol. The van der Waals surface area contributed by atoms with E-state index in [1.54, 1.807) is 11.9 Å². The molecule has 24 heavy (non-hydrogen) atoms. The summed E-state index contributed by atoms with van der Waals surface area (Å²) in [5, 5.41) is 2.97. The molecule has 0 bridgehead atoms. The molecule has 1 saturated carbocycles. The summed E-state index contributed by atoms with van der Waals surface area (Å²) in [4.78, 5) is 14.1. The molecule has 2 amide bonds. The second kappa shape index (κ2) is 7.86. The van der Waals surface area contributed by atoms with Crippen LogP contribution in [0.4, 0.5) is 10.5 Å². The largest absolute Gasteiger partial charge is 0.488 e. The Bertz CT molecular complexity index is 666. The first-order valence-electron chi connectivity index (χ1n) is 8.54. The van der Waals surface area contributed by atoms with Gasteiger partial charge in [0.25, 0.3) is 0 Å². The van der Waals surface area contributed by atoms with Gasteiger partial charge < -0.3 is 15.0 Å². The molecular formula is C20H24N2O2. The number of amides is 2. The molecule has 2 aromatic rings. The van der Waals surface area contributed by atoms with Gasteiger partial charge in [-0.2, -0.15) is 0 Å². The van der Waals surface area contributed by atoms with Crippen molar-refractivity contribution in [3.05, 3.63) is 60.2 Å². The molecule has 2 aromatic carbocycles. The molecule has 0 heterocycles. The summed E-state index contributed by atoms with van der Waals surface area (Å²) < 4.78 is 6.07. The molecule has 4 heteroatoms. The van der Waals surface area contributed by atoms with Crippen molar-refractivity contribution >= 4 is 11.7 Å². The Hall–Kier alpha value is -2.49. The van der Waals surface area contributed by atoms with Gasteiger partial charge >= 0.3 is 6.03 Å². The Kier molecular flexibility index (Phi) is 5.36. The zero-order valence-corrected chi connectivity index (χ0v) is 14.1. The second-order valence-electron chi connectivity index (χ2n) is 6.29. The van der Waals surface area contributed by atoms with E-state index in [9.17, 15) is 4.79 Å². The Morgan fingerprint density at radius 3 is 2.50 bits per heavy atom. The lowest BCUT2D eigenvalue weighted by molar-refractivity contribution is 0.209. The molecule has 0 spiro atoms. The SMILES string of the molecule is CN(Cc1ccccc1)C(=O)Nc1ccccc1OC1CCCC1. The summed E-state index contributed by atoms with van der Waals surface area (Å²) in [6.45, 7) is 0.568. The first-order chi connectivity index (χ1) is 11.7. The van der Waals surface area contributed by atoms with E-state index in [0.717, 1.165) is 29.8 Å². The van der Waals surface area contributed by atoms with Crippen LogP contribution in [0.1, 0.15) is 31.2 Å². The normalized spacial score (nSPS) is 14.4. The monoisotopic (exact) mass is 324 g/mol. The van der Waals surface area contributed by atoms with E-state index in [4.69, 9.17) is 4.74 Å². The zero-order chi connectivity index (χ0) is 16.8. The lowest BCUT2D eigenvalue weighted by Gasteiger charge is -2.21. The van der Waals surface area contributed by atoms with Gasteiger partial charge in [-0.3, -0.25) is 0 Å². The summed E-state index contributed by atoms with van der Waals surface area (Å²) >= 11 is 0. The number of urea groups is 1. The molecule has 1 aliphatic rings. The molecule has 0 aromatic heterocycles. The van der Waals surface area contributed by atoms with Crippen LogP contribution in [0.3, 0.4) is 0 Å². The van der Waals surface area contributed by atoms with E-state index >= 15 is 0 Å². The summed E-state index contributed by atoms with van der Waals surface area (Å²) in [5.74, 6) is 0.755. The number of benzene rings is 2. The second-order valence-corrected chi connectivity index (χ2v) is 6.29. The molecule has 0 aliphatic heterocycles. The highest BCUT2D eigenvalue weighted by atomic mass is 16.5. The van der Waals surface area contributed by atoms with Gasteiger partial charge in [0.15, 0.2) is 0 Å². The number of anilines is 1. The first-order valence-corrected chi connectivity index (χ1v) is 8.54. The maximum atomic E-state index is 12.5.